The van der Waals surface area contributed by atoms with Crippen LogP contribution in [-0.2, 0) is 13.0 Å². The minimum absolute atomic E-state index is 0.252. The van der Waals surface area contributed by atoms with E-state index >= 15 is 0 Å². The van der Waals surface area contributed by atoms with E-state index in [0.29, 0.717) is 0 Å². The molecule has 0 amide bonds. The van der Waals surface area contributed by atoms with Gasteiger partial charge in [-0.2, -0.15) is 0 Å². The van der Waals surface area contributed by atoms with Crippen molar-refractivity contribution in [3.8, 4) is 0 Å². The summed E-state index contributed by atoms with van der Waals surface area (Å²) in [5, 5.41) is 0. The minimum Gasteiger partial charge on any atom is -0.375 e. The average Bonchev–Trinajstić information content (AvgIpc) is 2.93. The molecule has 0 radical (unpaired) electrons. The summed E-state index contributed by atoms with van der Waals surface area (Å²) in [6.07, 6.45) is 6.92. The van der Waals surface area contributed by atoms with Crippen LogP contribution in [0.4, 0.5) is 5.69 Å². The fourth-order valence-corrected chi connectivity index (χ4v) is 3.29. The second-order valence-corrected chi connectivity index (χ2v) is 6.02. The molecule has 1 heterocycles. The van der Waals surface area contributed by atoms with Crippen molar-refractivity contribution in [2.75, 3.05) is 18.5 Å². The molecule has 1 atom stereocenters. The maximum Gasteiger partial charge on any atom is 0.0363 e. The molecular formula is C18H25N3. The van der Waals surface area contributed by atoms with Crippen molar-refractivity contribution in [2.45, 2.75) is 38.3 Å². The Labute approximate surface area is 127 Å². The number of nitrogens with zero attached hydrogens (tertiary/aromatic N) is 2. The molecule has 3 rings (SSSR count). The van der Waals surface area contributed by atoms with Crippen molar-refractivity contribution in [3.63, 3.8) is 0 Å². The fraction of sp³-hybridized carbons (Fsp3) is 0.444. The van der Waals surface area contributed by atoms with Gasteiger partial charge in [0.25, 0.3) is 0 Å². The van der Waals surface area contributed by atoms with Gasteiger partial charge in [-0.15, -0.1) is 0 Å². The Balaban J connectivity index is 1.57. The van der Waals surface area contributed by atoms with E-state index in [0.717, 1.165) is 25.9 Å². The van der Waals surface area contributed by atoms with E-state index < -0.39 is 0 Å². The molecule has 0 saturated carbocycles. The van der Waals surface area contributed by atoms with Crippen molar-refractivity contribution in [1.82, 2.24) is 4.57 Å². The molecule has 112 valence electrons. The van der Waals surface area contributed by atoms with E-state index in [-0.39, 0.29) is 6.04 Å². The monoisotopic (exact) mass is 283 g/mol. The predicted molar refractivity (Wildman–Crippen MR) is 88.6 cm³/mol. The summed E-state index contributed by atoms with van der Waals surface area (Å²) in [6.45, 7) is 2.16. The first-order chi connectivity index (χ1) is 10.3. The minimum atomic E-state index is 0.252. The lowest BCUT2D eigenvalue weighted by atomic mass is 9.94. The normalized spacial score (nSPS) is 17.5. The molecule has 1 aliphatic rings. The van der Waals surface area contributed by atoms with Crippen LogP contribution in [0.1, 0.15) is 36.6 Å². The molecule has 3 nitrogen and oxygen atoms in total. The Morgan fingerprint density at radius 1 is 1.24 bits per heavy atom. The van der Waals surface area contributed by atoms with Gasteiger partial charge in [0.1, 0.15) is 0 Å². The molecule has 0 aliphatic heterocycles. The topological polar surface area (TPSA) is 34.2 Å². The highest BCUT2D eigenvalue weighted by molar-refractivity contribution is 5.44. The predicted octanol–water partition coefficient (Wildman–Crippen LogP) is 3.35. The Hall–Kier alpha value is -1.74. The van der Waals surface area contributed by atoms with E-state index in [1.165, 1.54) is 29.8 Å². The molecule has 21 heavy (non-hydrogen) atoms. The standard InChI is InChI=1S/C18H25N3/c1-20(15-7-3-2-4-8-15)12-6-13-21-14-11-16-17(19)9-5-10-18(16)21/h2-4,7-8,11,14,17H,5-6,9-10,12-13,19H2,1H3. The van der Waals surface area contributed by atoms with Crippen molar-refractivity contribution >= 4 is 5.69 Å². The highest BCUT2D eigenvalue weighted by Gasteiger charge is 2.19. The van der Waals surface area contributed by atoms with Gasteiger partial charge >= 0.3 is 0 Å². The first-order valence-electron chi connectivity index (χ1n) is 7.95. The molecule has 2 aromatic rings. The first kappa shape index (κ1) is 14.2. The lowest BCUT2D eigenvalue weighted by Gasteiger charge is -2.22. The second kappa shape index (κ2) is 6.35. The van der Waals surface area contributed by atoms with Gasteiger partial charge in [-0.1, -0.05) is 18.2 Å². The Morgan fingerprint density at radius 2 is 2.05 bits per heavy atom. The summed E-state index contributed by atoms with van der Waals surface area (Å²) in [4.78, 5) is 2.32. The van der Waals surface area contributed by atoms with Gasteiger partial charge in [-0.3, -0.25) is 0 Å². The summed E-state index contributed by atoms with van der Waals surface area (Å²) in [5.41, 5.74) is 10.3. The molecule has 0 fully saturated rings. The van der Waals surface area contributed by atoms with Gasteiger partial charge in [0.05, 0.1) is 0 Å². The molecule has 1 aliphatic carbocycles. The van der Waals surface area contributed by atoms with Gasteiger partial charge in [0, 0.05) is 43.8 Å². The Bertz CT molecular complexity index is 573. The van der Waals surface area contributed by atoms with E-state index in [2.05, 4.69) is 59.1 Å². The van der Waals surface area contributed by atoms with Crippen LogP contribution >= 0.6 is 0 Å². The number of benzene rings is 1. The van der Waals surface area contributed by atoms with Crippen LogP contribution < -0.4 is 10.6 Å². The summed E-state index contributed by atoms with van der Waals surface area (Å²) < 4.78 is 2.41. The fourth-order valence-electron chi connectivity index (χ4n) is 3.29. The average molecular weight is 283 g/mol. The van der Waals surface area contributed by atoms with Crippen LogP contribution in [0.2, 0.25) is 0 Å². The maximum absolute atomic E-state index is 6.19. The summed E-state index contributed by atoms with van der Waals surface area (Å²) >= 11 is 0. The number of rotatable bonds is 5. The zero-order valence-electron chi connectivity index (χ0n) is 12.8. The number of para-hydroxylation sites is 1. The molecule has 0 saturated heterocycles. The smallest absolute Gasteiger partial charge is 0.0363 e. The first-order valence-corrected chi connectivity index (χ1v) is 7.95. The molecular weight excluding hydrogens is 258 g/mol. The van der Waals surface area contributed by atoms with Crippen molar-refractivity contribution in [3.05, 3.63) is 53.9 Å². The van der Waals surface area contributed by atoms with E-state index in [1.807, 2.05) is 0 Å². The zero-order valence-corrected chi connectivity index (χ0v) is 12.8. The number of fused-ring (bicyclic) bond motifs is 1. The van der Waals surface area contributed by atoms with Gasteiger partial charge in [0.2, 0.25) is 0 Å². The van der Waals surface area contributed by atoms with E-state index in [4.69, 9.17) is 5.73 Å². The van der Waals surface area contributed by atoms with Crippen molar-refractivity contribution in [2.24, 2.45) is 5.73 Å². The summed E-state index contributed by atoms with van der Waals surface area (Å²) in [5.74, 6) is 0. The Morgan fingerprint density at radius 3 is 2.86 bits per heavy atom. The third-order valence-electron chi connectivity index (χ3n) is 4.53. The molecule has 1 unspecified atom stereocenters. The number of nitrogens with two attached hydrogens (primary N) is 1. The quantitative estimate of drug-likeness (QED) is 0.913. The highest BCUT2D eigenvalue weighted by Crippen LogP contribution is 2.28. The molecule has 1 aromatic carbocycles. The second-order valence-electron chi connectivity index (χ2n) is 6.02. The Kier molecular flexibility index (Phi) is 4.30. The van der Waals surface area contributed by atoms with Crippen LogP contribution in [0.5, 0.6) is 0 Å². The third-order valence-corrected chi connectivity index (χ3v) is 4.53. The van der Waals surface area contributed by atoms with Gasteiger partial charge in [0.15, 0.2) is 0 Å². The van der Waals surface area contributed by atoms with Gasteiger partial charge < -0.3 is 15.2 Å². The van der Waals surface area contributed by atoms with Crippen LogP contribution in [-0.4, -0.2) is 18.2 Å². The lowest BCUT2D eigenvalue weighted by Crippen LogP contribution is -2.21. The van der Waals surface area contributed by atoms with Gasteiger partial charge in [-0.25, -0.2) is 0 Å². The lowest BCUT2D eigenvalue weighted by molar-refractivity contribution is 0.532. The number of aromatic nitrogens is 1. The van der Waals surface area contributed by atoms with Crippen molar-refractivity contribution < 1.29 is 0 Å². The van der Waals surface area contributed by atoms with Crippen LogP contribution in [0, 0.1) is 0 Å². The molecule has 0 spiro atoms. The van der Waals surface area contributed by atoms with E-state index in [9.17, 15) is 0 Å². The largest absolute Gasteiger partial charge is 0.375 e. The SMILES string of the molecule is CN(CCCn1ccc2c1CCCC2N)c1ccccc1. The number of anilines is 1. The van der Waals surface area contributed by atoms with Gasteiger partial charge in [-0.05, 0) is 49.4 Å². The molecule has 1 aromatic heterocycles. The highest BCUT2D eigenvalue weighted by atomic mass is 15.1. The molecule has 0 bridgehead atoms. The van der Waals surface area contributed by atoms with Crippen molar-refractivity contribution in [1.29, 1.82) is 0 Å². The van der Waals surface area contributed by atoms with Crippen LogP contribution in [0.3, 0.4) is 0 Å². The number of hydrogen-bond donors (Lipinski definition) is 1. The third kappa shape index (κ3) is 3.13. The van der Waals surface area contributed by atoms with E-state index in [1.54, 1.807) is 0 Å². The summed E-state index contributed by atoms with van der Waals surface area (Å²) in [6, 6.07) is 13.0. The maximum atomic E-state index is 6.19. The zero-order chi connectivity index (χ0) is 14.7. The number of hydrogen-bond acceptors (Lipinski definition) is 2. The number of aryl methyl sites for hydroxylation is 1. The summed E-state index contributed by atoms with van der Waals surface area (Å²) in [7, 11) is 2.16. The molecule has 3 heteroatoms. The molecule has 2 N–H and O–H groups in total. The van der Waals surface area contributed by atoms with Crippen LogP contribution in [0.25, 0.3) is 0 Å². The van der Waals surface area contributed by atoms with Crippen LogP contribution in [0.15, 0.2) is 42.6 Å².